The molecule has 7 nitrogen and oxygen atoms in total. The fourth-order valence-corrected chi connectivity index (χ4v) is 3.61. The summed E-state index contributed by atoms with van der Waals surface area (Å²) in [5.74, 6) is -0.688. The molecular formula is C21H19F3N5O2+. The van der Waals surface area contributed by atoms with E-state index in [-0.39, 0.29) is 5.92 Å². The van der Waals surface area contributed by atoms with Crippen molar-refractivity contribution in [2.45, 2.75) is 38.8 Å². The average molecular weight is 430 g/mol. The highest BCUT2D eigenvalue weighted by molar-refractivity contribution is 6.03. The lowest BCUT2D eigenvalue weighted by Crippen LogP contribution is -2.25. The fraction of sp³-hybridized carbons (Fsp3) is 0.333. The first-order valence-corrected chi connectivity index (χ1v) is 9.75. The van der Waals surface area contributed by atoms with Crippen molar-refractivity contribution in [3.63, 3.8) is 0 Å². The smallest absolute Gasteiger partial charge is 0.320 e. The van der Waals surface area contributed by atoms with Crippen molar-refractivity contribution in [2.24, 2.45) is 11.0 Å². The number of aryl methyl sites for hydroxylation is 1. The molecule has 1 aromatic carbocycles. The molecule has 31 heavy (non-hydrogen) atoms. The Labute approximate surface area is 175 Å². The number of alkyl halides is 3. The number of aldehydes is 1. The van der Waals surface area contributed by atoms with Gasteiger partial charge in [-0.1, -0.05) is 4.68 Å². The Balaban J connectivity index is 1.59. The van der Waals surface area contributed by atoms with Gasteiger partial charge in [0.25, 0.3) is 5.91 Å². The first-order chi connectivity index (χ1) is 14.7. The van der Waals surface area contributed by atoms with Crippen molar-refractivity contribution in [1.82, 2.24) is 9.97 Å². The minimum absolute atomic E-state index is 0.0942. The van der Waals surface area contributed by atoms with E-state index >= 15 is 0 Å². The number of carbonyl (C=O) groups is 2. The maximum absolute atomic E-state index is 12.8. The third kappa shape index (κ3) is 4.37. The second-order valence-corrected chi connectivity index (χ2v) is 7.58. The molecule has 1 aromatic heterocycles. The number of aromatic nitrogens is 2. The third-order valence-corrected chi connectivity index (χ3v) is 5.38. The van der Waals surface area contributed by atoms with E-state index in [1.54, 1.807) is 19.1 Å². The van der Waals surface area contributed by atoms with Gasteiger partial charge < -0.3 is 10.1 Å². The quantitative estimate of drug-likeness (QED) is 0.597. The predicted molar refractivity (Wildman–Crippen MR) is 105 cm³/mol. The summed E-state index contributed by atoms with van der Waals surface area (Å²) in [5.41, 5.74) is 0.630. The molecule has 4 rings (SSSR count). The first-order valence-electron chi connectivity index (χ1n) is 9.75. The highest BCUT2D eigenvalue weighted by Crippen LogP contribution is 2.27. The average Bonchev–Trinajstić information content (AvgIpc) is 3.16. The number of hydrogen-bond donors (Lipinski definition) is 1. The van der Waals surface area contributed by atoms with Crippen LogP contribution in [0, 0.1) is 12.8 Å². The van der Waals surface area contributed by atoms with E-state index < -0.39 is 23.5 Å². The number of halogens is 3. The minimum atomic E-state index is -4.69. The van der Waals surface area contributed by atoms with E-state index in [1.165, 1.54) is 0 Å². The maximum Gasteiger partial charge on any atom is 0.434 e. The fourth-order valence-electron chi connectivity index (χ4n) is 3.61. The Morgan fingerprint density at radius 2 is 1.97 bits per heavy atom. The van der Waals surface area contributed by atoms with Crippen LogP contribution in [0.3, 0.4) is 0 Å². The van der Waals surface area contributed by atoms with Gasteiger partial charge in [-0.05, 0) is 37.5 Å². The topological polar surface area (TPSA) is 87.3 Å². The molecule has 0 atom stereocenters. The molecule has 1 aliphatic carbocycles. The molecule has 1 fully saturated rings. The van der Waals surface area contributed by atoms with Gasteiger partial charge in [-0.3, -0.25) is 9.78 Å². The van der Waals surface area contributed by atoms with Crippen molar-refractivity contribution in [3.8, 4) is 0 Å². The van der Waals surface area contributed by atoms with Crippen molar-refractivity contribution in [3.05, 3.63) is 52.1 Å². The second-order valence-electron chi connectivity index (χ2n) is 7.58. The van der Waals surface area contributed by atoms with Gasteiger partial charge in [-0.2, -0.15) is 13.2 Å². The van der Waals surface area contributed by atoms with Crippen LogP contribution < -0.4 is 15.9 Å². The summed E-state index contributed by atoms with van der Waals surface area (Å²) in [5, 5.41) is 8.72. The number of anilines is 1. The van der Waals surface area contributed by atoms with Crippen LogP contribution in [0.15, 0.2) is 29.6 Å². The lowest BCUT2D eigenvalue weighted by atomic mass is 9.89. The number of amides is 1. The zero-order valence-corrected chi connectivity index (χ0v) is 16.6. The molecule has 1 aliphatic heterocycles. The summed E-state index contributed by atoms with van der Waals surface area (Å²) in [6.45, 7) is 1.77. The summed E-state index contributed by atoms with van der Waals surface area (Å²) in [4.78, 5) is 30.2. The summed E-state index contributed by atoms with van der Waals surface area (Å²) in [7, 11) is 0. The van der Waals surface area contributed by atoms with Crippen LogP contribution in [0.4, 0.5) is 18.9 Å². The number of hydrogen-bond acceptors (Lipinski definition) is 5. The summed E-state index contributed by atoms with van der Waals surface area (Å²) < 4.78 is 40.3. The SMILES string of the molecule is Cc1cc2c(cc1NC(=O)c1cncc(C(F)(F)F)n1)=C[N+](=C1CCC(C=O)CC1)N=2. The molecule has 160 valence electrons. The number of nitrogens with zero attached hydrogens (tertiary/aromatic N) is 4. The summed E-state index contributed by atoms with van der Waals surface area (Å²) >= 11 is 0. The van der Waals surface area contributed by atoms with Gasteiger partial charge in [-0.15, -0.1) is 0 Å². The maximum atomic E-state index is 12.8. The summed E-state index contributed by atoms with van der Waals surface area (Å²) in [6, 6.07) is 3.53. The molecule has 2 aliphatic rings. The van der Waals surface area contributed by atoms with Crippen LogP contribution in [0.25, 0.3) is 6.20 Å². The van der Waals surface area contributed by atoms with E-state index in [1.807, 2.05) is 10.9 Å². The molecule has 1 amide bonds. The standard InChI is InChI=1S/C21H18F3N5O2/c1-12-6-17-14(10-29(28-17)15-4-2-13(11-30)3-5-15)7-16(12)27-20(31)18-8-25-9-19(26-18)21(22,23)24/h6-11,13H,2-5H2,1H3/p+1. The van der Waals surface area contributed by atoms with Gasteiger partial charge in [0.1, 0.15) is 17.3 Å². The van der Waals surface area contributed by atoms with E-state index in [4.69, 9.17) is 0 Å². The highest BCUT2D eigenvalue weighted by Gasteiger charge is 2.33. The molecule has 0 spiro atoms. The Morgan fingerprint density at radius 1 is 1.23 bits per heavy atom. The van der Waals surface area contributed by atoms with Gasteiger partial charge in [0.2, 0.25) is 6.20 Å². The number of benzene rings is 1. The normalized spacial score (nSPS) is 18.1. The molecular weight excluding hydrogens is 411 g/mol. The molecule has 0 saturated heterocycles. The first kappa shape index (κ1) is 20.8. The van der Waals surface area contributed by atoms with Crippen molar-refractivity contribution in [1.29, 1.82) is 0 Å². The molecule has 2 aromatic rings. The Bertz CT molecular complexity index is 1210. The van der Waals surface area contributed by atoms with Crippen LogP contribution in [0.2, 0.25) is 0 Å². The molecule has 1 saturated carbocycles. The molecule has 2 heterocycles. The van der Waals surface area contributed by atoms with Gasteiger partial charge in [0.15, 0.2) is 11.4 Å². The molecule has 0 radical (unpaired) electrons. The van der Waals surface area contributed by atoms with E-state index in [0.717, 1.165) is 54.5 Å². The third-order valence-electron chi connectivity index (χ3n) is 5.38. The number of fused-ring (bicyclic) bond motifs is 1. The highest BCUT2D eigenvalue weighted by atomic mass is 19.4. The van der Waals surface area contributed by atoms with E-state index in [0.29, 0.717) is 17.4 Å². The van der Waals surface area contributed by atoms with Gasteiger partial charge in [0, 0.05) is 29.5 Å². The molecule has 0 bridgehead atoms. The van der Waals surface area contributed by atoms with Gasteiger partial charge in [-0.25, -0.2) is 4.98 Å². The van der Waals surface area contributed by atoms with Crippen molar-refractivity contribution < 1.29 is 27.4 Å². The largest absolute Gasteiger partial charge is 0.434 e. The van der Waals surface area contributed by atoms with Crippen LogP contribution in [-0.4, -0.2) is 32.6 Å². The lowest BCUT2D eigenvalue weighted by molar-refractivity contribution is -0.430. The van der Waals surface area contributed by atoms with E-state index in [9.17, 15) is 22.8 Å². The van der Waals surface area contributed by atoms with Crippen LogP contribution in [0.1, 0.15) is 47.4 Å². The van der Waals surface area contributed by atoms with Crippen molar-refractivity contribution >= 4 is 29.8 Å². The number of nitrogens with one attached hydrogen (secondary N) is 1. The molecule has 1 N–H and O–H groups in total. The molecule has 0 unspecified atom stereocenters. The zero-order chi connectivity index (χ0) is 22.2. The Morgan fingerprint density at radius 3 is 2.65 bits per heavy atom. The number of rotatable bonds is 3. The molecule has 10 heteroatoms. The summed E-state index contributed by atoms with van der Waals surface area (Å²) in [6.07, 6.45) is 2.90. The Hall–Kier alpha value is -3.43. The Kier molecular flexibility index (Phi) is 5.38. The van der Waals surface area contributed by atoms with Gasteiger partial charge in [0.05, 0.1) is 17.6 Å². The van der Waals surface area contributed by atoms with Crippen LogP contribution in [0.5, 0.6) is 0 Å². The van der Waals surface area contributed by atoms with Crippen molar-refractivity contribution in [2.75, 3.05) is 5.32 Å². The predicted octanol–water partition coefficient (Wildman–Crippen LogP) is 2.18. The monoisotopic (exact) mass is 430 g/mol. The number of carbonyl (C=O) groups excluding carboxylic acids is 2. The minimum Gasteiger partial charge on any atom is -0.320 e. The second kappa shape index (κ2) is 8.01. The zero-order valence-electron chi connectivity index (χ0n) is 16.6. The van der Waals surface area contributed by atoms with Crippen LogP contribution in [-0.2, 0) is 11.0 Å². The van der Waals surface area contributed by atoms with Gasteiger partial charge >= 0.3 is 6.18 Å². The lowest BCUT2D eigenvalue weighted by Gasteiger charge is -2.14. The van der Waals surface area contributed by atoms with Crippen LogP contribution >= 0.6 is 0 Å². The van der Waals surface area contributed by atoms with E-state index in [2.05, 4.69) is 20.4 Å².